The molecule has 0 unspecified atom stereocenters. The predicted molar refractivity (Wildman–Crippen MR) is 84.8 cm³/mol. The normalized spacial score (nSPS) is 10.6. The Balaban J connectivity index is 1.59. The van der Waals surface area contributed by atoms with Gasteiger partial charge in [0.2, 0.25) is 11.8 Å². The van der Waals surface area contributed by atoms with Crippen molar-refractivity contribution in [2.75, 3.05) is 6.61 Å². The van der Waals surface area contributed by atoms with Crippen LogP contribution in [-0.4, -0.2) is 16.8 Å². The maximum Gasteiger partial charge on any atom is 0.247 e. The smallest absolute Gasteiger partial charge is 0.247 e. The summed E-state index contributed by atoms with van der Waals surface area (Å²) in [6.45, 7) is 4.63. The largest absolute Gasteiger partial charge is 0.493 e. The van der Waals surface area contributed by atoms with Gasteiger partial charge in [-0.3, -0.25) is 0 Å². The highest BCUT2D eigenvalue weighted by molar-refractivity contribution is 5.51. The Hall–Kier alpha value is -2.62. The van der Waals surface area contributed by atoms with E-state index in [0.29, 0.717) is 24.8 Å². The minimum Gasteiger partial charge on any atom is -0.493 e. The highest BCUT2D eigenvalue weighted by atomic mass is 16.5. The van der Waals surface area contributed by atoms with E-state index in [1.165, 1.54) is 5.56 Å². The Morgan fingerprint density at radius 3 is 2.59 bits per heavy atom. The molecule has 0 aliphatic carbocycles. The molecular formula is C18H18N2O2. The summed E-state index contributed by atoms with van der Waals surface area (Å²) in [4.78, 5) is 0. The van der Waals surface area contributed by atoms with E-state index in [0.717, 1.165) is 16.9 Å². The lowest BCUT2D eigenvalue weighted by molar-refractivity contribution is 0.305. The molecular weight excluding hydrogens is 276 g/mol. The van der Waals surface area contributed by atoms with E-state index in [4.69, 9.17) is 9.15 Å². The number of benzene rings is 2. The molecule has 0 aliphatic rings. The van der Waals surface area contributed by atoms with Crippen LogP contribution in [0, 0.1) is 13.8 Å². The third kappa shape index (κ3) is 3.34. The first-order chi connectivity index (χ1) is 10.7. The van der Waals surface area contributed by atoms with E-state index in [1.54, 1.807) is 0 Å². The molecule has 0 radical (unpaired) electrons. The molecule has 0 bridgehead atoms. The zero-order valence-electron chi connectivity index (χ0n) is 12.7. The van der Waals surface area contributed by atoms with Crippen LogP contribution in [0.2, 0.25) is 0 Å². The fourth-order valence-electron chi connectivity index (χ4n) is 2.26. The first-order valence-corrected chi connectivity index (χ1v) is 7.30. The lowest BCUT2D eigenvalue weighted by Gasteiger charge is -2.08. The minimum absolute atomic E-state index is 0.514. The van der Waals surface area contributed by atoms with Crippen molar-refractivity contribution in [2.45, 2.75) is 20.3 Å². The molecule has 1 heterocycles. The summed E-state index contributed by atoms with van der Waals surface area (Å²) in [5.74, 6) is 2.03. The summed E-state index contributed by atoms with van der Waals surface area (Å²) in [5, 5.41) is 8.13. The molecule has 1 aromatic heterocycles. The van der Waals surface area contributed by atoms with Gasteiger partial charge in [0, 0.05) is 5.56 Å². The highest BCUT2D eigenvalue weighted by Crippen LogP contribution is 2.20. The van der Waals surface area contributed by atoms with Crippen LogP contribution in [0.15, 0.2) is 52.9 Å². The summed E-state index contributed by atoms with van der Waals surface area (Å²) >= 11 is 0. The first kappa shape index (κ1) is 14.3. The van der Waals surface area contributed by atoms with Crippen LogP contribution in [0.25, 0.3) is 11.5 Å². The van der Waals surface area contributed by atoms with Gasteiger partial charge in [-0.15, -0.1) is 10.2 Å². The van der Waals surface area contributed by atoms with E-state index in [-0.39, 0.29) is 0 Å². The number of aryl methyl sites for hydroxylation is 2. The summed E-state index contributed by atoms with van der Waals surface area (Å²) in [6.07, 6.45) is 0.590. The standard InChI is InChI=1S/C18H18N2O2/c1-13-8-9-16(14(2)12-13)21-11-10-17-19-20-18(22-17)15-6-4-3-5-7-15/h3-9,12H,10-11H2,1-2H3. The minimum atomic E-state index is 0.514. The zero-order valence-corrected chi connectivity index (χ0v) is 12.7. The van der Waals surface area contributed by atoms with Crippen LogP contribution in [0.4, 0.5) is 0 Å². The van der Waals surface area contributed by atoms with Gasteiger partial charge in [0.25, 0.3) is 0 Å². The predicted octanol–water partition coefficient (Wildman–Crippen LogP) is 3.97. The Labute approximate surface area is 129 Å². The number of aromatic nitrogens is 2. The van der Waals surface area contributed by atoms with E-state index in [2.05, 4.69) is 23.2 Å². The summed E-state index contributed by atoms with van der Waals surface area (Å²) in [6, 6.07) is 15.9. The van der Waals surface area contributed by atoms with Crippen LogP contribution in [-0.2, 0) is 6.42 Å². The monoisotopic (exact) mass is 294 g/mol. The van der Waals surface area contributed by atoms with Crippen LogP contribution in [0.5, 0.6) is 5.75 Å². The van der Waals surface area contributed by atoms with Gasteiger partial charge < -0.3 is 9.15 Å². The van der Waals surface area contributed by atoms with Crippen LogP contribution >= 0.6 is 0 Å². The SMILES string of the molecule is Cc1ccc(OCCc2nnc(-c3ccccc3)o2)c(C)c1. The van der Waals surface area contributed by atoms with Gasteiger partial charge in [0.1, 0.15) is 5.75 Å². The Morgan fingerprint density at radius 1 is 1.00 bits per heavy atom. The van der Waals surface area contributed by atoms with E-state index in [1.807, 2.05) is 49.4 Å². The van der Waals surface area contributed by atoms with Gasteiger partial charge in [0.15, 0.2) is 0 Å². The lowest BCUT2D eigenvalue weighted by atomic mass is 10.1. The first-order valence-electron chi connectivity index (χ1n) is 7.30. The fourth-order valence-corrected chi connectivity index (χ4v) is 2.26. The van der Waals surface area contributed by atoms with Crippen molar-refractivity contribution in [3.8, 4) is 17.2 Å². The molecule has 3 aromatic rings. The van der Waals surface area contributed by atoms with E-state index in [9.17, 15) is 0 Å². The summed E-state index contributed by atoms with van der Waals surface area (Å²) in [5.41, 5.74) is 3.29. The zero-order chi connectivity index (χ0) is 15.4. The molecule has 0 spiro atoms. The third-order valence-corrected chi connectivity index (χ3v) is 3.39. The topological polar surface area (TPSA) is 48.2 Å². The van der Waals surface area contributed by atoms with Crippen LogP contribution in [0.3, 0.4) is 0 Å². The molecule has 22 heavy (non-hydrogen) atoms. The summed E-state index contributed by atoms with van der Waals surface area (Å²) in [7, 11) is 0. The average molecular weight is 294 g/mol. The van der Waals surface area contributed by atoms with E-state index >= 15 is 0 Å². The second-order valence-electron chi connectivity index (χ2n) is 5.23. The molecule has 0 amide bonds. The second-order valence-corrected chi connectivity index (χ2v) is 5.23. The van der Waals surface area contributed by atoms with E-state index < -0.39 is 0 Å². The molecule has 112 valence electrons. The van der Waals surface area contributed by atoms with Crippen molar-refractivity contribution in [1.82, 2.24) is 10.2 Å². The van der Waals surface area contributed by atoms with Gasteiger partial charge in [-0.25, -0.2) is 0 Å². The third-order valence-electron chi connectivity index (χ3n) is 3.39. The molecule has 0 fully saturated rings. The highest BCUT2D eigenvalue weighted by Gasteiger charge is 2.08. The molecule has 0 aliphatic heterocycles. The fraction of sp³-hybridized carbons (Fsp3) is 0.222. The van der Waals surface area contributed by atoms with Crippen molar-refractivity contribution in [2.24, 2.45) is 0 Å². The summed E-state index contributed by atoms with van der Waals surface area (Å²) < 4.78 is 11.4. The van der Waals surface area contributed by atoms with Crippen LogP contribution in [0.1, 0.15) is 17.0 Å². The lowest BCUT2D eigenvalue weighted by Crippen LogP contribution is -2.02. The van der Waals surface area contributed by atoms with Gasteiger partial charge in [-0.05, 0) is 37.6 Å². The number of hydrogen-bond acceptors (Lipinski definition) is 4. The van der Waals surface area contributed by atoms with Gasteiger partial charge in [-0.2, -0.15) is 0 Å². The van der Waals surface area contributed by atoms with Gasteiger partial charge >= 0.3 is 0 Å². The average Bonchev–Trinajstić information content (AvgIpc) is 2.99. The molecule has 3 rings (SSSR count). The second kappa shape index (κ2) is 6.43. The maximum absolute atomic E-state index is 5.78. The van der Waals surface area contributed by atoms with Crippen molar-refractivity contribution in [3.63, 3.8) is 0 Å². The number of hydrogen-bond donors (Lipinski definition) is 0. The molecule has 0 atom stereocenters. The molecule has 0 N–H and O–H groups in total. The quantitative estimate of drug-likeness (QED) is 0.714. The Morgan fingerprint density at radius 2 is 1.82 bits per heavy atom. The number of ether oxygens (including phenoxy) is 1. The van der Waals surface area contributed by atoms with Crippen molar-refractivity contribution >= 4 is 0 Å². The van der Waals surface area contributed by atoms with Crippen molar-refractivity contribution in [3.05, 3.63) is 65.5 Å². The number of nitrogens with zero attached hydrogens (tertiary/aromatic N) is 2. The molecule has 4 heteroatoms. The van der Waals surface area contributed by atoms with Crippen molar-refractivity contribution < 1.29 is 9.15 Å². The molecule has 2 aromatic carbocycles. The van der Waals surface area contributed by atoms with Crippen molar-refractivity contribution in [1.29, 1.82) is 0 Å². The molecule has 0 saturated carbocycles. The Bertz CT molecular complexity index is 751. The van der Waals surface area contributed by atoms with Crippen LogP contribution < -0.4 is 4.74 Å². The van der Waals surface area contributed by atoms with Gasteiger partial charge in [0.05, 0.1) is 13.0 Å². The number of rotatable bonds is 5. The molecule has 0 saturated heterocycles. The maximum atomic E-state index is 5.78. The molecule has 4 nitrogen and oxygen atoms in total. The van der Waals surface area contributed by atoms with Gasteiger partial charge in [-0.1, -0.05) is 35.9 Å². The Kier molecular flexibility index (Phi) is 4.19.